The van der Waals surface area contributed by atoms with E-state index < -0.39 is 11.9 Å². The predicted molar refractivity (Wildman–Crippen MR) is 75.6 cm³/mol. The third kappa shape index (κ3) is 2.91. The molecule has 0 aromatic heterocycles. The molecule has 20 heavy (non-hydrogen) atoms. The molecule has 1 unspecified atom stereocenters. The van der Waals surface area contributed by atoms with E-state index >= 15 is 0 Å². The van der Waals surface area contributed by atoms with E-state index in [2.05, 4.69) is 5.32 Å². The van der Waals surface area contributed by atoms with Gasteiger partial charge in [0.25, 0.3) is 5.91 Å². The highest BCUT2D eigenvalue weighted by molar-refractivity contribution is 5.99. The van der Waals surface area contributed by atoms with Gasteiger partial charge in [-0.25, -0.2) is 4.79 Å². The van der Waals surface area contributed by atoms with Crippen molar-refractivity contribution in [1.29, 1.82) is 0 Å². The Labute approximate surface area is 117 Å². The molecule has 1 saturated heterocycles. The summed E-state index contributed by atoms with van der Waals surface area (Å²) >= 11 is 0. The summed E-state index contributed by atoms with van der Waals surface area (Å²) in [6.45, 7) is 3.96. The first-order valence-electron chi connectivity index (χ1n) is 6.68. The monoisotopic (exact) mass is 277 g/mol. The number of para-hydroxylation sites is 1. The van der Waals surface area contributed by atoms with E-state index in [-0.39, 0.29) is 5.97 Å². The zero-order valence-electron chi connectivity index (χ0n) is 11.5. The summed E-state index contributed by atoms with van der Waals surface area (Å²) in [5, 5.41) is 3.16. The Morgan fingerprint density at radius 3 is 2.90 bits per heavy atom. The molecule has 1 aromatic rings. The highest BCUT2D eigenvalue weighted by Crippen LogP contribution is 2.23. The van der Waals surface area contributed by atoms with Crippen LogP contribution in [-0.4, -0.2) is 44.2 Å². The number of nitrogens with zero attached hydrogens (tertiary/aromatic N) is 1. The third-order valence-electron chi connectivity index (χ3n) is 3.28. The lowest BCUT2D eigenvalue weighted by molar-refractivity contribution is -0.144. The second kappa shape index (κ2) is 6.38. The van der Waals surface area contributed by atoms with Crippen molar-refractivity contribution in [3.05, 3.63) is 29.8 Å². The van der Waals surface area contributed by atoms with Crippen LogP contribution in [0.5, 0.6) is 0 Å². The van der Waals surface area contributed by atoms with Crippen molar-refractivity contribution in [1.82, 2.24) is 5.32 Å². The fourth-order valence-corrected chi connectivity index (χ4v) is 2.37. The van der Waals surface area contributed by atoms with Crippen LogP contribution in [0.25, 0.3) is 0 Å². The summed E-state index contributed by atoms with van der Waals surface area (Å²) < 4.78 is 5.10. The third-order valence-corrected chi connectivity index (χ3v) is 3.28. The van der Waals surface area contributed by atoms with E-state index in [4.69, 9.17) is 10.5 Å². The summed E-state index contributed by atoms with van der Waals surface area (Å²) in [5.41, 5.74) is 6.50. The standard InChI is InChI=1S/C14H19N3O3/c1-2-20-14(19)12-9-16-7-8-17(12)11-6-4-3-5-10(11)13(15)18/h3-6,12,16H,2,7-9H2,1H3,(H2,15,18). The van der Waals surface area contributed by atoms with E-state index in [0.717, 1.165) is 6.54 Å². The Morgan fingerprint density at radius 2 is 2.20 bits per heavy atom. The molecule has 6 nitrogen and oxygen atoms in total. The summed E-state index contributed by atoms with van der Waals surface area (Å²) in [5.74, 6) is -0.791. The average Bonchev–Trinajstić information content (AvgIpc) is 2.47. The molecular weight excluding hydrogens is 258 g/mol. The van der Waals surface area contributed by atoms with Crippen molar-refractivity contribution in [3.8, 4) is 0 Å². The van der Waals surface area contributed by atoms with Gasteiger partial charge in [0.2, 0.25) is 0 Å². The molecule has 2 rings (SSSR count). The lowest BCUT2D eigenvalue weighted by atomic mass is 10.1. The molecule has 1 aliphatic heterocycles. The number of benzene rings is 1. The quantitative estimate of drug-likeness (QED) is 0.764. The Balaban J connectivity index is 2.33. The van der Waals surface area contributed by atoms with Gasteiger partial charge in [-0.3, -0.25) is 4.79 Å². The number of primary amides is 1. The maximum absolute atomic E-state index is 12.0. The van der Waals surface area contributed by atoms with Crippen molar-refractivity contribution < 1.29 is 14.3 Å². The number of ether oxygens (including phenoxy) is 1. The summed E-state index contributed by atoms with van der Waals surface area (Å²) in [7, 11) is 0. The van der Waals surface area contributed by atoms with E-state index in [1.165, 1.54) is 0 Å². The molecule has 108 valence electrons. The summed E-state index contributed by atoms with van der Waals surface area (Å²) in [6.07, 6.45) is 0. The minimum absolute atomic E-state index is 0.293. The van der Waals surface area contributed by atoms with Gasteiger partial charge in [0, 0.05) is 19.6 Å². The van der Waals surface area contributed by atoms with Crippen LogP contribution in [0.3, 0.4) is 0 Å². The lowest BCUT2D eigenvalue weighted by Crippen LogP contribution is -2.56. The number of nitrogens with two attached hydrogens (primary N) is 1. The number of piperazine rings is 1. The molecule has 0 saturated carbocycles. The number of hydrogen-bond donors (Lipinski definition) is 2. The Hall–Kier alpha value is -2.08. The van der Waals surface area contributed by atoms with Crippen LogP contribution in [0.1, 0.15) is 17.3 Å². The van der Waals surface area contributed by atoms with Crippen molar-refractivity contribution >= 4 is 17.6 Å². The minimum Gasteiger partial charge on any atom is -0.464 e. The van der Waals surface area contributed by atoms with Crippen molar-refractivity contribution in [3.63, 3.8) is 0 Å². The van der Waals surface area contributed by atoms with Gasteiger partial charge in [0.15, 0.2) is 0 Å². The molecule has 1 heterocycles. The van der Waals surface area contributed by atoms with Crippen molar-refractivity contribution in [2.24, 2.45) is 5.73 Å². The molecule has 1 atom stereocenters. The Bertz CT molecular complexity index is 504. The highest BCUT2D eigenvalue weighted by Gasteiger charge is 2.31. The molecule has 0 bridgehead atoms. The minimum atomic E-state index is -0.498. The van der Waals surface area contributed by atoms with Crippen LogP contribution in [0.2, 0.25) is 0 Å². The molecule has 1 aromatic carbocycles. The molecule has 0 aliphatic carbocycles. The SMILES string of the molecule is CCOC(=O)C1CNCCN1c1ccccc1C(N)=O. The normalized spacial score (nSPS) is 18.6. The number of anilines is 1. The molecule has 0 radical (unpaired) electrons. The zero-order chi connectivity index (χ0) is 14.5. The molecule has 3 N–H and O–H groups in total. The first-order chi connectivity index (χ1) is 9.65. The number of hydrogen-bond acceptors (Lipinski definition) is 5. The molecule has 6 heteroatoms. The first-order valence-corrected chi connectivity index (χ1v) is 6.68. The largest absolute Gasteiger partial charge is 0.464 e. The molecule has 1 fully saturated rings. The maximum atomic E-state index is 12.0. The van der Waals surface area contributed by atoms with Crippen molar-refractivity contribution in [2.75, 3.05) is 31.1 Å². The Morgan fingerprint density at radius 1 is 1.45 bits per heavy atom. The van der Waals surface area contributed by atoms with Gasteiger partial charge in [-0.1, -0.05) is 12.1 Å². The number of amides is 1. The molecule has 0 spiro atoms. The molecule has 1 amide bonds. The fourth-order valence-electron chi connectivity index (χ4n) is 2.37. The van der Waals surface area contributed by atoms with Crippen LogP contribution >= 0.6 is 0 Å². The van der Waals surface area contributed by atoms with Crippen molar-refractivity contribution in [2.45, 2.75) is 13.0 Å². The maximum Gasteiger partial charge on any atom is 0.330 e. The number of carbonyl (C=O) groups is 2. The van der Waals surface area contributed by atoms with E-state index in [1.807, 2.05) is 11.0 Å². The van der Waals surface area contributed by atoms with E-state index in [9.17, 15) is 9.59 Å². The van der Waals surface area contributed by atoms with Gasteiger partial charge < -0.3 is 20.7 Å². The van der Waals surface area contributed by atoms with Gasteiger partial charge in [-0.05, 0) is 19.1 Å². The van der Waals surface area contributed by atoms with E-state index in [0.29, 0.717) is 30.9 Å². The number of rotatable bonds is 4. The van der Waals surface area contributed by atoms with Gasteiger partial charge in [-0.15, -0.1) is 0 Å². The average molecular weight is 277 g/mol. The topological polar surface area (TPSA) is 84.7 Å². The van der Waals surface area contributed by atoms with E-state index in [1.54, 1.807) is 25.1 Å². The predicted octanol–water partition coefficient (Wildman–Crippen LogP) is 0.127. The Kier molecular flexibility index (Phi) is 4.57. The van der Waals surface area contributed by atoms with Crippen LogP contribution in [0.15, 0.2) is 24.3 Å². The summed E-state index contributed by atoms with van der Waals surface area (Å²) in [6, 6.07) is 6.61. The number of carbonyl (C=O) groups excluding carboxylic acids is 2. The second-order valence-corrected chi connectivity index (χ2v) is 4.55. The number of esters is 1. The molecule has 1 aliphatic rings. The number of nitrogens with one attached hydrogen (secondary N) is 1. The van der Waals surface area contributed by atoms with Gasteiger partial charge >= 0.3 is 5.97 Å². The van der Waals surface area contributed by atoms with Crippen LogP contribution in [0.4, 0.5) is 5.69 Å². The van der Waals surface area contributed by atoms with Gasteiger partial charge in [0.05, 0.1) is 17.9 Å². The zero-order valence-corrected chi connectivity index (χ0v) is 11.5. The van der Waals surface area contributed by atoms with Crippen LogP contribution < -0.4 is 16.0 Å². The highest BCUT2D eigenvalue weighted by atomic mass is 16.5. The fraction of sp³-hybridized carbons (Fsp3) is 0.429. The smallest absolute Gasteiger partial charge is 0.330 e. The van der Waals surface area contributed by atoms with Gasteiger partial charge in [-0.2, -0.15) is 0 Å². The van der Waals surface area contributed by atoms with Crippen LogP contribution in [0, 0.1) is 0 Å². The first kappa shape index (κ1) is 14.3. The van der Waals surface area contributed by atoms with Gasteiger partial charge in [0.1, 0.15) is 6.04 Å². The summed E-state index contributed by atoms with van der Waals surface area (Å²) in [4.78, 5) is 25.5. The lowest BCUT2D eigenvalue weighted by Gasteiger charge is -2.37. The molecular formula is C14H19N3O3. The second-order valence-electron chi connectivity index (χ2n) is 4.55. The van der Waals surface area contributed by atoms with Crippen LogP contribution in [-0.2, 0) is 9.53 Å².